The van der Waals surface area contributed by atoms with Crippen LogP contribution in [-0.2, 0) is 13.1 Å². The van der Waals surface area contributed by atoms with Gasteiger partial charge in [0.05, 0.1) is 5.52 Å². The Morgan fingerprint density at radius 1 is 1.03 bits per heavy atom. The topological polar surface area (TPSA) is 50.2 Å². The summed E-state index contributed by atoms with van der Waals surface area (Å²) in [5.41, 5.74) is 2.98. The van der Waals surface area contributed by atoms with Crippen molar-refractivity contribution in [3.63, 3.8) is 0 Å². The molecule has 1 saturated heterocycles. The molecule has 5 nitrogen and oxygen atoms in total. The lowest BCUT2D eigenvalue weighted by Crippen LogP contribution is -2.38. The maximum Gasteiger partial charge on any atom is 0.272 e. The number of benzene rings is 2. The van der Waals surface area contributed by atoms with Gasteiger partial charge in [-0.25, -0.2) is 0 Å². The Labute approximate surface area is 179 Å². The first kappa shape index (κ1) is 20.6. The van der Waals surface area contributed by atoms with Gasteiger partial charge in [0.25, 0.3) is 5.91 Å². The monoisotopic (exact) mass is 404 g/mol. The van der Waals surface area contributed by atoms with Crippen molar-refractivity contribution in [1.29, 1.82) is 0 Å². The molecule has 1 aromatic heterocycles. The van der Waals surface area contributed by atoms with Crippen molar-refractivity contribution in [2.24, 2.45) is 0 Å². The summed E-state index contributed by atoms with van der Waals surface area (Å²) in [5, 5.41) is 8.87. The average Bonchev–Trinajstić information content (AvgIpc) is 3.11. The number of rotatable bonds is 6. The predicted molar refractivity (Wildman–Crippen MR) is 121 cm³/mol. The van der Waals surface area contributed by atoms with Crippen molar-refractivity contribution < 1.29 is 4.79 Å². The molecule has 1 fully saturated rings. The molecule has 5 heteroatoms. The minimum Gasteiger partial charge on any atom is -0.348 e. The van der Waals surface area contributed by atoms with E-state index in [2.05, 4.69) is 52.6 Å². The van der Waals surface area contributed by atoms with Crippen molar-refractivity contribution in [3.05, 3.63) is 65.9 Å². The van der Waals surface area contributed by atoms with E-state index in [1.54, 1.807) is 0 Å². The SMILES string of the molecule is CCCn1nc(C(=O)NC2CCCN(Cc3ccccc3)CCC2)c2ccccc21. The lowest BCUT2D eigenvalue weighted by Gasteiger charge is -2.28. The minimum atomic E-state index is -0.0345. The van der Waals surface area contributed by atoms with E-state index in [0.717, 1.165) is 69.2 Å². The van der Waals surface area contributed by atoms with Crippen molar-refractivity contribution in [1.82, 2.24) is 20.0 Å². The third-order valence-corrected chi connectivity index (χ3v) is 5.95. The number of fused-ring (bicyclic) bond motifs is 1. The summed E-state index contributed by atoms with van der Waals surface area (Å²) < 4.78 is 1.96. The number of nitrogens with one attached hydrogen (secondary N) is 1. The number of carbonyl (C=O) groups excluding carboxylic acids is 1. The van der Waals surface area contributed by atoms with E-state index in [1.807, 2.05) is 28.9 Å². The second kappa shape index (κ2) is 9.90. The van der Waals surface area contributed by atoms with Crippen LogP contribution in [0, 0.1) is 0 Å². The Morgan fingerprint density at radius 2 is 1.73 bits per heavy atom. The van der Waals surface area contributed by atoms with Gasteiger partial charge in [-0.3, -0.25) is 14.4 Å². The van der Waals surface area contributed by atoms with Gasteiger partial charge in [-0.15, -0.1) is 0 Å². The lowest BCUT2D eigenvalue weighted by molar-refractivity contribution is 0.0921. The maximum atomic E-state index is 13.1. The number of nitrogens with zero attached hydrogens (tertiary/aromatic N) is 3. The van der Waals surface area contributed by atoms with Crippen molar-refractivity contribution in [2.45, 2.75) is 58.2 Å². The van der Waals surface area contributed by atoms with Gasteiger partial charge in [-0.05, 0) is 56.8 Å². The number of amides is 1. The van der Waals surface area contributed by atoms with E-state index in [-0.39, 0.29) is 11.9 Å². The molecule has 1 aliphatic heterocycles. The van der Waals surface area contributed by atoms with Gasteiger partial charge in [-0.1, -0.05) is 55.5 Å². The molecule has 0 radical (unpaired) electrons. The molecule has 1 aliphatic rings. The van der Waals surface area contributed by atoms with Gasteiger partial charge in [0.2, 0.25) is 0 Å². The predicted octanol–water partition coefficient (Wildman–Crippen LogP) is 4.62. The highest BCUT2D eigenvalue weighted by molar-refractivity contribution is 6.04. The van der Waals surface area contributed by atoms with E-state index in [4.69, 9.17) is 0 Å². The van der Waals surface area contributed by atoms with Gasteiger partial charge in [-0.2, -0.15) is 5.10 Å². The molecule has 158 valence electrons. The van der Waals surface area contributed by atoms with Crippen LogP contribution in [0.1, 0.15) is 55.1 Å². The highest BCUT2D eigenvalue weighted by Crippen LogP contribution is 2.20. The van der Waals surface area contributed by atoms with Crippen LogP contribution in [0.4, 0.5) is 0 Å². The van der Waals surface area contributed by atoms with E-state index in [9.17, 15) is 4.79 Å². The van der Waals surface area contributed by atoms with Crippen LogP contribution >= 0.6 is 0 Å². The van der Waals surface area contributed by atoms with Crippen LogP contribution in [0.5, 0.6) is 0 Å². The smallest absolute Gasteiger partial charge is 0.272 e. The molecule has 2 aromatic carbocycles. The highest BCUT2D eigenvalue weighted by Gasteiger charge is 2.21. The molecule has 0 aliphatic carbocycles. The molecule has 0 atom stereocenters. The summed E-state index contributed by atoms with van der Waals surface area (Å²) in [4.78, 5) is 15.6. The van der Waals surface area contributed by atoms with Crippen molar-refractivity contribution >= 4 is 16.8 Å². The number of likely N-dealkylation sites (tertiary alicyclic amines) is 1. The van der Waals surface area contributed by atoms with Gasteiger partial charge < -0.3 is 5.32 Å². The van der Waals surface area contributed by atoms with E-state index in [1.165, 1.54) is 5.56 Å². The van der Waals surface area contributed by atoms with E-state index < -0.39 is 0 Å². The second-order valence-electron chi connectivity index (χ2n) is 8.31. The molecule has 2 heterocycles. The largest absolute Gasteiger partial charge is 0.348 e. The van der Waals surface area contributed by atoms with Gasteiger partial charge >= 0.3 is 0 Å². The zero-order valence-corrected chi connectivity index (χ0v) is 17.9. The number of hydrogen-bond acceptors (Lipinski definition) is 3. The van der Waals surface area contributed by atoms with Crippen LogP contribution < -0.4 is 5.32 Å². The number of aromatic nitrogens is 2. The summed E-state index contributed by atoms with van der Waals surface area (Å²) in [5.74, 6) is -0.0345. The zero-order chi connectivity index (χ0) is 20.8. The molecule has 0 spiro atoms. The lowest BCUT2D eigenvalue weighted by atomic mass is 10.0. The Bertz CT molecular complexity index is 956. The van der Waals surface area contributed by atoms with Crippen LogP contribution in [0.15, 0.2) is 54.6 Å². The summed E-state index contributed by atoms with van der Waals surface area (Å²) in [7, 11) is 0. The maximum absolute atomic E-state index is 13.1. The van der Waals surface area contributed by atoms with E-state index >= 15 is 0 Å². The van der Waals surface area contributed by atoms with Crippen LogP contribution in [-0.4, -0.2) is 39.7 Å². The highest BCUT2D eigenvalue weighted by atomic mass is 16.2. The molecular weight excluding hydrogens is 372 g/mol. The summed E-state index contributed by atoms with van der Waals surface area (Å²) in [6, 6.07) is 18.9. The first-order valence-electron chi connectivity index (χ1n) is 11.3. The average molecular weight is 405 g/mol. The van der Waals surface area contributed by atoms with Crippen molar-refractivity contribution in [2.75, 3.05) is 13.1 Å². The van der Waals surface area contributed by atoms with Crippen LogP contribution in [0.2, 0.25) is 0 Å². The van der Waals surface area contributed by atoms with Gasteiger partial charge in [0.1, 0.15) is 0 Å². The fourth-order valence-corrected chi connectivity index (χ4v) is 4.45. The molecule has 0 bridgehead atoms. The quantitative estimate of drug-likeness (QED) is 0.652. The Balaban J connectivity index is 1.36. The molecular formula is C25H32N4O. The summed E-state index contributed by atoms with van der Waals surface area (Å²) >= 11 is 0. The Hall–Kier alpha value is -2.66. The van der Waals surface area contributed by atoms with Crippen LogP contribution in [0.3, 0.4) is 0 Å². The molecule has 1 N–H and O–H groups in total. The van der Waals surface area contributed by atoms with Gasteiger partial charge in [0.15, 0.2) is 5.69 Å². The number of carbonyl (C=O) groups is 1. The van der Waals surface area contributed by atoms with E-state index in [0.29, 0.717) is 5.69 Å². The second-order valence-corrected chi connectivity index (χ2v) is 8.31. The standard InChI is InChI=1S/C25H32N4O/c1-2-16-29-23-15-7-6-14-22(23)24(27-29)25(30)26-21-12-8-17-28(18-9-13-21)19-20-10-4-3-5-11-20/h3-7,10-11,14-15,21H,2,8-9,12-13,16-19H2,1H3,(H,26,30). The molecule has 30 heavy (non-hydrogen) atoms. The number of aryl methyl sites for hydroxylation is 1. The Kier molecular flexibility index (Phi) is 6.80. The Morgan fingerprint density at radius 3 is 2.47 bits per heavy atom. The summed E-state index contributed by atoms with van der Waals surface area (Å²) in [6.45, 7) is 6.13. The molecule has 0 saturated carbocycles. The molecule has 3 aromatic rings. The number of para-hydroxylation sites is 1. The first-order valence-corrected chi connectivity index (χ1v) is 11.3. The van der Waals surface area contributed by atoms with Crippen LogP contribution in [0.25, 0.3) is 10.9 Å². The third kappa shape index (κ3) is 4.90. The minimum absolute atomic E-state index is 0.0345. The fraction of sp³-hybridized carbons (Fsp3) is 0.440. The van der Waals surface area contributed by atoms with Gasteiger partial charge in [0, 0.05) is 24.5 Å². The molecule has 0 unspecified atom stereocenters. The first-order chi connectivity index (χ1) is 14.7. The molecule has 1 amide bonds. The third-order valence-electron chi connectivity index (χ3n) is 5.95. The fourth-order valence-electron chi connectivity index (χ4n) is 4.45. The molecule has 4 rings (SSSR count). The zero-order valence-electron chi connectivity index (χ0n) is 17.9. The number of hydrogen-bond donors (Lipinski definition) is 1. The normalized spacial score (nSPS) is 16.3. The summed E-state index contributed by atoms with van der Waals surface area (Å²) in [6.07, 6.45) is 5.23. The van der Waals surface area contributed by atoms with Crippen molar-refractivity contribution in [3.8, 4) is 0 Å².